The Morgan fingerprint density at radius 1 is 1.08 bits per heavy atom. The molecule has 1 atom stereocenters. The van der Waals surface area contributed by atoms with Gasteiger partial charge in [0, 0.05) is 12.4 Å². The molecule has 0 N–H and O–H groups in total. The van der Waals surface area contributed by atoms with Crippen LogP contribution in [0.5, 0.6) is 0 Å². The molecular formula is C18H16ClN5S. The van der Waals surface area contributed by atoms with E-state index >= 15 is 0 Å². The maximum Gasteiger partial charge on any atom is 0.191 e. The second kappa shape index (κ2) is 6.90. The van der Waals surface area contributed by atoms with E-state index in [1.807, 2.05) is 76.6 Å². The highest BCUT2D eigenvalue weighted by Crippen LogP contribution is 2.26. The molecule has 0 aliphatic rings. The Morgan fingerprint density at radius 3 is 2.56 bits per heavy atom. The van der Waals surface area contributed by atoms with Crippen LogP contribution in [0.1, 0.15) is 10.9 Å². The molecule has 0 aliphatic carbocycles. The van der Waals surface area contributed by atoms with Gasteiger partial charge in [0.05, 0.1) is 23.5 Å². The zero-order valence-corrected chi connectivity index (χ0v) is 15.2. The minimum absolute atomic E-state index is 0.174. The highest BCUT2D eigenvalue weighted by molar-refractivity contribution is 7.98. The fourth-order valence-electron chi connectivity index (χ4n) is 2.74. The van der Waals surface area contributed by atoms with E-state index in [4.69, 9.17) is 11.6 Å². The number of alkyl halides is 1. The molecule has 4 rings (SSSR count). The Kier molecular flexibility index (Phi) is 4.46. The summed E-state index contributed by atoms with van der Waals surface area (Å²) >= 11 is 8.11. The molecule has 7 heteroatoms. The number of rotatable bonds is 5. The van der Waals surface area contributed by atoms with Gasteiger partial charge >= 0.3 is 0 Å². The molecule has 0 aliphatic heterocycles. The number of halogens is 1. The first-order valence-electron chi connectivity index (χ1n) is 7.86. The maximum absolute atomic E-state index is 6.60. The highest BCUT2D eigenvalue weighted by atomic mass is 35.5. The molecule has 126 valence electrons. The zero-order chi connectivity index (χ0) is 17.2. The van der Waals surface area contributed by atoms with Gasteiger partial charge in [0.1, 0.15) is 0 Å². The monoisotopic (exact) mass is 369 g/mol. The van der Waals surface area contributed by atoms with E-state index in [0.717, 1.165) is 22.4 Å². The normalized spacial score (nSPS) is 12.6. The molecule has 0 amide bonds. The van der Waals surface area contributed by atoms with Crippen LogP contribution >= 0.6 is 23.4 Å². The molecule has 1 aromatic carbocycles. The van der Waals surface area contributed by atoms with Crippen molar-refractivity contribution in [3.8, 4) is 5.82 Å². The van der Waals surface area contributed by atoms with Crippen molar-refractivity contribution in [1.29, 1.82) is 0 Å². The maximum atomic E-state index is 6.60. The lowest BCUT2D eigenvalue weighted by Gasteiger charge is -2.11. The summed E-state index contributed by atoms with van der Waals surface area (Å²) < 4.78 is 3.83. The summed E-state index contributed by atoms with van der Waals surface area (Å²) in [6.07, 6.45) is 7.72. The van der Waals surface area contributed by atoms with Gasteiger partial charge in [-0.2, -0.15) is 5.10 Å². The lowest BCUT2D eigenvalue weighted by molar-refractivity contribution is 0.613. The number of thioether (sulfide) groups is 1. The number of aromatic nitrogens is 5. The van der Waals surface area contributed by atoms with Crippen molar-refractivity contribution < 1.29 is 0 Å². The van der Waals surface area contributed by atoms with Gasteiger partial charge in [0.15, 0.2) is 16.6 Å². The lowest BCUT2D eigenvalue weighted by atomic mass is 10.1. The van der Waals surface area contributed by atoms with Crippen molar-refractivity contribution >= 4 is 34.4 Å². The third-order valence-electron chi connectivity index (χ3n) is 3.98. The summed E-state index contributed by atoms with van der Waals surface area (Å²) in [6.45, 7) is 0.547. The summed E-state index contributed by atoms with van der Waals surface area (Å²) in [5, 5.41) is 5.96. The first-order valence-corrected chi connectivity index (χ1v) is 9.52. The average molecular weight is 370 g/mol. The molecule has 3 heterocycles. The Morgan fingerprint density at radius 2 is 1.84 bits per heavy atom. The van der Waals surface area contributed by atoms with Crippen LogP contribution in [-0.2, 0) is 6.54 Å². The van der Waals surface area contributed by atoms with Gasteiger partial charge in [-0.25, -0.2) is 14.6 Å². The molecule has 0 fully saturated rings. The summed E-state index contributed by atoms with van der Waals surface area (Å²) in [5.41, 5.74) is 1.86. The van der Waals surface area contributed by atoms with E-state index in [0.29, 0.717) is 11.7 Å². The second-order valence-corrected chi connectivity index (χ2v) is 6.87. The fraction of sp³-hybridized carbons (Fsp3) is 0.167. The summed E-state index contributed by atoms with van der Waals surface area (Å²) in [6, 6.07) is 14.0. The first kappa shape index (κ1) is 16.2. The summed E-state index contributed by atoms with van der Waals surface area (Å²) in [4.78, 5) is 9.29. The van der Waals surface area contributed by atoms with Crippen LogP contribution in [0.3, 0.4) is 0 Å². The topological polar surface area (TPSA) is 48.5 Å². The minimum atomic E-state index is -0.174. The van der Waals surface area contributed by atoms with Gasteiger partial charge in [-0.05, 0) is 24.0 Å². The van der Waals surface area contributed by atoms with Crippen LogP contribution in [0.4, 0.5) is 0 Å². The van der Waals surface area contributed by atoms with Gasteiger partial charge in [-0.1, -0.05) is 42.1 Å². The van der Waals surface area contributed by atoms with E-state index in [1.54, 1.807) is 0 Å². The Hall–Kier alpha value is -2.31. The zero-order valence-electron chi connectivity index (χ0n) is 13.6. The lowest BCUT2D eigenvalue weighted by Crippen LogP contribution is -2.08. The second-order valence-electron chi connectivity index (χ2n) is 5.57. The molecule has 1 unspecified atom stereocenters. The molecule has 0 spiro atoms. The molecular weight excluding hydrogens is 354 g/mol. The Balaban J connectivity index is 1.77. The summed E-state index contributed by atoms with van der Waals surface area (Å²) in [5.74, 6) is 0.830. The molecule has 0 saturated heterocycles. The standard InChI is InChI=1S/C18H16ClN5S/c1-25-18-21-16(23-9-5-6-10-23)14-11-20-24(17(14)22-18)12-15(19)13-7-3-2-4-8-13/h2-11,15H,12H2,1H3. The molecule has 3 aromatic heterocycles. The van der Waals surface area contributed by atoms with Crippen molar-refractivity contribution in [2.75, 3.05) is 6.26 Å². The predicted octanol–water partition coefficient (Wildman–Crippen LogP) is 4.32. The quantitative estimate of drug-likeness (QED) is 0.298. The van der Waals surface area contributed by atoms with E-state index in [-0.39, 0.29) is 5.38 Å². The Bertz CT molecular complexity index is 982. The van der Waals surface area contributed by atoms with Gasteiger partial charge in [0.2, 0.25) is 0 Å². The molecule has 25 heavy (non-hydrogen) atoms. The van der Waals surface area contributed by atoms with Crippen LogP contribution in [0.25, 0.3) is 16.9 Å². The number of hydrogen-bond acceptors (Lipinski definition) is 4. The van der Waals surface area contributed by atoms with Crippen molar-refractivity contribution in [2.24, 2.45) is 0 Å². The van der Waals surface area contributed by atoms with Crippen LogP contribution in [0, 0.1) is 0 Å². The molecule has 4 aromatic rings. The van der Waals surface area contributed by atoms with Crippen molar-refractivity contribution in [3.05, 3.63) is 66.6 Å². The summed E-state index contributed by atoms with van der Waals surface area (Å²) in [7, 11) is 0. The Labute approximate surface area is 154 Å². The molecule has 0 bridgehead atoms. The molecule has 0 radical (unpaired) electrons. The SMILES string of the molecule is CSc1nc(-n2cccc2)c2cnn(CC(Cl)c3ccccc3)c2n1. The van der Waals surface area contributed by atoms with E-state index in [9.17, 15) is 0 Å². The third kappa shape index (κ3) is 3.15. The van der Waals surface area contributed by atoms with E-state index < -0.39 is 0 Å². The number of fused-ring (bicyclic) bond motifs is 1. The van der Waals surface area contributed by atoms with Crippen LogP contribution in [-0.4, -0.2) is 30.6 Å². The van der Waals surface area contributed by atoms with Crippen molar-refractivity contribution in [2.45, 2.75) is 17.1 Å². The van der Waals surface area contributed by atoms with Gasteiger partial charge in [-0.15, -0.1) is 11.6 Å². The van der Waals surface area contributed by atoms with Crippen LogP contribution in [0.2, 0.25) is 0 Å². The van der Waals surface area contributed by atoms with Gasteiger partial charge < -0.3 is 4.57 Å². The minimum Gasteiger partial charge on any atom is -0.308 e. The molecule has 5 nitrogen and oxygen atoms in total. The van der Waals surface area contributed by atoms with Crippen molar-refractivity contribution in [1.82, 2.24) is 24.3 Å². The predicted molar refractivity (Wildman–Crippen MR) is 101 cm³/mol. The smallest absolute Gasteiger partial charge is 0.191 e. The number of hydrogen-bond donors (Lipinski definition) is 0. The van der Waals surface area contributed by atoms with Crippen LogP contribution < -0.4 is 0 Å². The van der Waals surface area contributed by atoms with E-state index in [1.165, 1.54) is 11.8 Å². The number of nitrogens with zero attached hydrogens (tertiary/aromatic N) is 5. The van der Waals surface area contributed by atoms with Crippen molar-refractivity contribution in [3.63, 3.8) is 0 Å². The van der Waals surface area contributed by atoms with E-state index in [2.05, 4.69) is 15.1 Å². The van der Waals surface area contributed by atoms with Crippen LogP contribution in [0.15, 0.2) is 66.2 Å². The highest BCUT2D eigenvalue weighted by Gasteiger charge is 2.16. The van der Waals surface area contributed by atoms with Gasteiger partial charge in [-0.3, -0.25) is 0 Å². The first-order chi connectivity index (χ1) is 12.3. The molecule has 0 saturated carbocycles. The largest absolute Gasteiger partial charge is 0.308 e. The third-order valence-corrected chi connectivity index (χ3v) is 4.92. The van der Waals surface area contributed by atoms with Gasteiger partial charge in [0.25, 0.3) is 0 Å². The fourth-order valence-corrected chi connectivity index (χ4v) is 3.37. The average Bonchev–Trinajstić information content (AvgIpc) is 3.32. The number of benzene rings is 1.